The summed E-state index contributed by atoms with van der Waals surface area (Å²) in [5.41, 5.74) is 2.39. The highest BCUT2D eigenvalue weighted by Gasteiger charge is 2.59. The van der Waals surface area contributed by atoms with E-state index in [0.29, 0.717) is 30.5 Å². The van der Waals surface area contributed by atoms with Crippen LogP contribution in [0.2, 0.25) is 0 Å². The van der Waals surface area contributed by atoms with Gasteiger partial charge in [-0.25, -0.2) is 17.8 Å². The molecule has 3 aliphatic rings. The normalized spacial score (nSPS) is 17.9. The maximum atomic E-state index is 15.4. The number of ether oxygens (including phenoxy) is 1. The maximum Gasteiger partial charge on any atom is 0.238 e. The summed E-state index contributed by atoms with van der Waals surface area (Å²) in [6.45, 7) is 1.16. The number of anilines is 2. The van der Waals surface area contributed by atoms with Crippen molar-refractivity contribution in [3.05, 3.63) is 42.0 Å². The molecule has 11 heteroatoms. The smallest absolute Gasteiger partial charge is 0.238 e. The number of likely N-dealkylation sites (N-methyl/N-ethyl adjacent to an activating group) is 1. The fourth-order valence-corrected chi connectivity index (χ4v) is 6.64. The van der Waals surface area contributed by atoms with E-state index in [4.69, 9.17) is 4.74 Å². The third-order valence-electron chi connectivity index (χ3n) is 7.61. The Hall–Kier alpha value is -3.31. The molecule has 1 spiro atoms. The largest absolute Gasteiger partial charge is 0.476 e. The van der Waals surface area contributed by atoms with Gasteiger partial charge in [-0.1, -0.05) is 0 Å². The lowest BCUT2D eigenvalue weighted by molar-refractivity contribution is -0.119. The second-order valence-electron chi connectivity index (χ2n) is 10.7. The first-order valence-electron chi connectivity index (χ1n) is 12.8. The van der Waals surface area contributed by atoms with Crippen LogP contribution in [0.4, 0.5) is 15.8 Å². The van der Waals surface area contributed by atoms with E-state index in [2.05, 4.69) is 14.7 Å². The number of nitrogens with one attached hydrogen (secondary N) is 1. The van der Waals surface area contributed by atoms with Crippen LogP contribution in [0.5, 0.6) is 5.88 Å². The van der Waals surface area contributed by atoms with Crippen LogP contribution < -0.4 is 14.4 Å². The van der Waals surface area contributed by atoms with Gasteiger partial charge >= 0.3 is 0 Å². The molecule has 9 nitrogen and oxygen atoms in total. The first-order chi connectivity index (χ1) is 18.1. The van der Waals surface area contributed by atoms with Gasteiger partial charge in [-0.2, -0.15) is 0 Å². The van der Waals surface area contributed by atoms with E-state index in [1.54, 1.807) is 30.3 Å². The average molecular weight is 540 g/mol. The van der Waals surface area contributed by atoms with E-state index in [9.17, 15) is 13.2 Å². The molecule has 1 aromatic carbocycles. The zero-order chi connectivity index (χ0) is 26.8. The summed E-state index contributed by atoms with van der Waals surface area (Å²) >= 11 is 0. The molecule has 6 rings (SSSR count). The Morgan fingerprint density at radius 1 is 1.18 bits per heavy atom. The van der Waals surface area contributed by atoms with Crippen LogP contribution in [0, 0.1) is 5.82 Å². The van der Waals surface area contributed by atoms with Crippen LogP contribution in [-0.4, -0.2) is 68.7 Å². The fourth-order valence-electron chi connectivity index (χ4n) is 5.26. The number of nitrogens with zero attached hydrogens (tertiary/aromatic N) is 4. The Morgan fingerprint density at radius 3 is 2.63 bits per heavy atom. The SMILES string of the molecule is CN(C)CCCOc1ncc(-c2cc3c4c(cnc3cc2F)N(C)C(=O)C42CC2)cc1NS(=O)(=O)C1CC1. The Morgan fingerprint density at radius 2 is 1.95 bits per heavy atom. The molecule has 0 atom stereocenters. The van der Waals surface area contributed by atoms with Gasteiger partial charge in [0.1, 0.15) is 11.5 Å². The summed E-state index contributed by atoms with van der Waals surface area (Å²) in [6.07, 6.45) is 6.57. The number of halogens is 1. The highest BCUT2D eigenvalue weighted by atomic mass is 32.2. The highest BCUT2D eigenvalue weighted by molar-refractivity contribution is 7.93. The van der Waals surface area contributed by atoms with Gasteiger partial charge < -0.3 is 14.5 Å². The van der Waals surface area contributed by atoms with Gasteiger partial charge in [-0.05, 0) is 58.3 Å². The minimum atomic E-state index is -3.60. The molecule has 38 heavy (non-hydrogen) atoms. The lowest BCUT2D eigenvalue weighted by atomic mass is 9.92. The number of rotatable bonds is 9. The van der Waals surface area contributed by atoms with Crippen molar-refractivity contribution in [3.63, 3.8) is 0 Å². The first kappa shape index (κ1) is 25.0. The van der Waals surface area contributed by atoms with Crippen molar-refractivity contribution < 1.29 is 22.3 Å². The molecule has 0 bridgehead atoms. The molecule has 0 unspecified atom stereocenters. The van der Waals surface area contributed by atoms with Crippen molar-refractivity contribution in [2.45, 2.75) is 42.8 Å². The van der Waals surface area contributed by atoms with Crippen molar-refractivity contribution in [1.82, 2.24) is 14.9 Å². The molecule has 2 fully saturated rings. The number of benzene rings is 1. The molecule has 2 saturated carbocycles. The number of hydrogen-bond donors (Lipinski definition) is 1. The molecule has 2 aliphatic carbocycles. The van der Waals surface area contributed by atoms with Crippen LogP contribution in [0.25, 0.3) is 22.0 Å². The summed E-state index contributed by atoms with van der Waals surface area (Å²) in [5, 5.41) is 0.279. The predicted octanol–water partition coefficient (Wildman–Crippen LogP) is 3.68. The lowest BCUT2D eigenvalue weighted by Crippen LogP contribution is -2.28. The Balaban J connectivity index is 1.41. The molecule has 0 radical (unpaired) electrons. The van der Waals surface area contributed by atoms with E-state index in [-0.39, 0.29) is 23.0 Å². The van der Waals surface area contributed by atoms with E-state index < -0.39 is 26.5 Å². The fraction of sp³-hybridized carbons (Fsp3) is 0.444. The summed E-state index contributed by atoms with van der Waals surface area (Å²) in [6, 6.07) is 4.64. The zero-order valence-electron chi connectivity index (χ0n) is 21.6. The van der Waals surface area contributed by atoms with E-state index >= 15 is 4.39 Å². The molecule has 1 N–H and O–H groups in total. The molecule has 1 amide bonds. The minimum absolute atomic E-state index is 0.0434. The van der Waals surface area contributed by atoms with Gasteiger partial charge in [-0.15, -0.1) is 0 Å². The lowest BCUT2D eigenvalue weighted by Gasteiger charge is -2.16. The molecule has 3 aromatic rings. The van der Waals surface area contributed by atoms with E-state index in [0.717, 1.165) is 42.4 Å². The molecule has 1 aliphatic heterocycles. The van der Waals surface area contributed by atoms with Crippen LogP contribution >= 0.6 is 0 Å². The van der Waals surface area contributed by atoms with Gasteiger partial charge in [-0.3, -0.25) is 14.5 Å². The topological polar surface area (TPSA) is 105 Å². The molecular formula is C27H30FN5O4S. The molecule has 200 valence electrons. The quantitative estimate of drug-likeness (QED) is 0.414. The number of aromatic nitrogens is 2. The summed E-state index contributed by atoms with van der Waals surface area (Å²) in [7, 11) is 2.06. The minimum Gasteiger partial charge on any atom is -0.476 e. The Kier molecular flexibility index (Phi) is 5.84. The Bertz CT molecular complexity index is 1570. The van der Waals surface area contributed by atoms with Crippen LogP contribution in [0.3, 0.4) is 0 Å². The highest BCUT2D eigenvalue weighted by Crippen LogP contribution is 2.58. The van der Waals surface area contributed by atoms with Gasteiger partial charge in [0.25, 0.3) is 0 Å². The molecule has 0 saturated heterocycles. The number of pyridine rings is 2. The summed E-state index contributed by atoms with van der Waals surface area (Å²) in [4.78, 5) is 25.4. The second kappa shape index (κ2) is 8.88. The number of carbonyl (C=O) groups is 1. The van der Waals surface area contributed by atoms with Crippen LogP contribution in [0.1, 0.15) is 37.7 Å². The van der Waals surface area contributed by atoms with Crippen molar-refractivity contribution in [2.24, 2.45) is 0 Å². The van der Waals surface area contributed by atoms with Gasteiger partial charge in [0.15, 0.2) is 0 Å². The number of fused-ring (bicyclic) bond motifs is 4. The summed E-state index contributed by atoms with van der Waals surface area (Å²) < 4.78 is 49.4. The number of carbonyl (C=O) groups excluding carboxylic acids is 1. The standard InChI is InChI=1S/C27H30FN5O4S/c1-32(2)9-4-10-37-25-22(31-38(35,36)17-5-6-17)11-16(14-30-25)18-12-19-21(13-20(18)28)29-15-23-24(19)27(7-8-27)26(34)33(23)3/h11-15,17,31H,4-10H2,1-3H3. The summed E-state index contributed by atoms with van der Waals surface area (Å²) in [5.74, 6) is -0.309. The average Bonchev–Trinajstić information content (AvgIpc) is 3.79. The monoisotopic (exact) mass is 539 g/mol. The number of amides is 1. The van der Waals surface area contributed by atoms with Gasteiger partial charge in [0.05, 0.1) is 34.7 Å². The molecule has 2 aromatic heterocycles. The van der Waals surface area contributed by atoms with Crippen LogP contribution in [-0.2, 0) is 20.2 Å². The molecular weight excluding hydrogens is 509 g/mol. The van der Waals surface area contributed by atoms with Crippen molar-refractivity contribution >= 4 is 38.2 Å². The number of sulfonamides is 1. The van der Waals surface area contributed by atoms with Gasteiger partial charge in [0.2, 0.25) is 21.8 Å². The van der Waals surface area contributed by atoms with Crippen molar-refractivity contribution in [1.29, 1.82) is 0 Å². The Labute approximate surface area is 221 Å². The first-order valence-corrected chi connectivity index (χ1v) is 14.4. The van der Waals surface area contributed by atoms with Crippen LogP contribution in [0.15, 0.2) is 30.6 Å². The van der Waals surface area contributed by atoms with Gasteiger partial charge in [0, 0.05) is 47.9 Å². The molecule has 3 heterocycles. The van der Waals surface area contributed by atoms with E-state index in [1.165, 1.54) is 12.3 Å². The third kappa shape index (κ3) is 4.17. The number of hydrogen-bond acceptors (Lipinski definition) is 7. The van der Waals surface area contributed by atoms with Crippen molar-refractivity contribution in [3.8, 4) is 17.0 Å². The third-order valence-corrected chi connectivity index (χ3v) is 9.46. The predicted molar refractivity (Wildman–Crippen MR) is 143 cm³/mol. The zero-order valence-corrected chi connectivity index (χ0v) is 22.4. The second-order valence-corrected chi connectivity index (χ2v) is 12.7. The maximum absolute atomic E-state index is 15.4. The van der Waals surface area contributed by atoms with E-state index in [1.807, 2.05) is 19.0 Å². The van der Waals surface area contributed by atoms with Crippen molar-refractivity contribution in [2.75, 3.05) is 43.9 Å².